The van der Waals surface area contributed by atoms with Crippen LogP contribution in [0.1, 0.15) is 63.6 Å². The second-order valence-electron chi connectivity index (χ2n) is 7.70. The van der Waals surface area contributed by atoms with E-state index in [1.54, 1.807) is 0 Å². The second-order valence-corrected chi connectivity index (χ2v) is 7.70. The highest BCUT2D eigenvalue weighted by Gasteiger charge is 2.34. The number of aryl methyl sites for hydroxylation is 1. The molecule has 1 amide bonds. The number of amides is 1. The van der Waals surface area contributed by atoms with Gasteiger partial charge in [-0.2, -0.15) is 0 Å². The molecule has 0 aromatic heterocycles. The van der Waals surface area contributed by atoms with Crippen molar-refractivity contribution >= 4 is 6.09 Å². The Hall–Kier alpha value is -1.51. The van der Waals surface area contributed by atoms with Crippen LogP contribution in [0.4, 0.5) is 4.79 Å². The molecule has 3 rings (SSSR count). The quantitative estimate of drug-likeness (QED) is 0.865. The van der Waals surface area contributed by atoms with Crippen molar-refractivity contribution in [2.75, 3.05) is 0 Å². The van der Waals surface area contributed by atoms with E-state index in [2.05, 4.69) is 44.3 Å². The molecular weight excluding hydrogens is 286 g/mol. The summed E-state index contributed by atoms with van der Waals surface area (Å²) in [6.45, 7) is 6.74. The first-order valence-corrected chi connectivity index (χ1v) is 9.09. The number of rotatable bonds is 3. The molecule has 2 aliphatic carbocycles. The zero-order valence-corrected chi connectivity index (χ0v) is 14.5. The maximum absolute atomic E-state index is 12.4. The zero-order chi connectivity index (χ0) is 16.4. The van der Waals surface area contributed by atoms with Crippen molar-refractivity contribution in [2.24, 2.45) is 17.8 Å². The van der Waals surface area contributed by atoms with Gasteiger partial charge in [-0.05, 0) is 54.6 Å². The highest BCUT2D eigenvalue weighted by molar-refractivity contribution is 5.68. The number of nitrogens with one attached hydrogen (secondary N) is 1. The maximum atomic E-state index is 12.4. The Morgan fingerprint density at radius 2 is 2.00 bits per heavy atom. The standard InChI is InChI=1S/C20H29NO2/c1-13(2)16-10-8-14(3)12-19(16)23-20(22)21-18-11-9-15-6-4-5-7-17(15)18/h4-7,13-14,16,18-19H,8-12H2,1-3H3,(H,21,22)/t14-,16+,18+,19-/m0/s1. The Kier molecular flexibility index (Phi) is 4.93. The van der Waals surface area contributed by atoms with Gasteiger partial charge in [0.25, 0.3) is 0 Å². The van der Waals surface area contributed by atoms with E-state index >= 15 is 0 Å². The van der Waals surface area contributed by atoms with Gasteiger partial charge in [-0.1, -0.05) is 51.5 Å². The first-order chi connectivity index (χ1) is 11.0. The Bertz CT molecular complexity index is 554. The maximum Gasteiger partial charge on any atom is 0.407 e. The van der Waals surface area contributed by atoms with Gasteiger partial charge in [0.2, 0.25) is 0 Å². The smallest absolute Gasteiger partial charge is 0.407 e. The van der Waals surface area contributed by atoms with Gasteiger partial charge < -0.3 is 10.1 Å². The number of ether oxygens (including phenoxy) is 1. The minimum absolute atomic E-state index is 0.0652. The van der Waals surface area contributed by atoms with Crippen molar-refractivity contribution < 1.29 is 9.53 Å². The van der Waals surface area contributed by atoms with E-state index in [0.717, 1.165) is 19.3 Å². The molecule has 0 heterocycles. The van der Waals surface area contributed by atoms with Crippen LogP contribution < -0.4 is 5.32 Å². The molecule has 0 spiro atoms. The summed E-state index contributed by atoms with van der Waals surface area (Å²) < 4.78 is 5.86. The van der Waals surface area contributed by atoms with Crippen molar-refractivity contribution in [1.82, 2.24) is 5.32 Å². The predicted molar refractivity (Wildman–Crippen MR) is 92.3 cm³/mol. The SMILES string of the molecule is CC(C)[C@H]1CC[C@H](C)C[C@@H]1OC(=O)N[C@@H]1CCc2ccccc21. The van der Waals surface area contributed by atoms with Crippen LogP contribution in [0.25, 0.3) is 0 Å². The largest absolute Gasteiger partial charge is 0.446 e. The highest BCUT2D eigenvalue weighted by atomic mass is 16.6. The summed E-state index contributed by atoms with van der Waals surface area (Å²) in [4.78, 5) is 12.4. The summed E-state index contributed by atoms with van der Waals surface area (Å²) in [5, 5.41) is 3.10. The molecule has 1 aromatic carbocycles. The van der Waals surface area contributed by atoms with E-state index in [1.165, 1.54) is 24.0 Å². The van der Waals surface area contributed by atoms with Crippen molar-refractivity contribution in [3.8, 4) is 0 Å². The van der Waals surface area contributed by atoms with Crippen LogP contribution in [0.2, 0.25) is 0 Å². The van der Waals surface area contributed by atoms with Crippen LogP contribution in [-0.4, -0.2) is 12.2 Å². The van der Waals surface area contributed by atoms with Crippen molar-refractivity contribution in [3.05, 3.63) is 35.4 Å². The topological polar surface area (TPSA) is 38.3 Å². The third-order valence-corrected chi connectivity index (χ3v) is 5.64. The first-order valence-electron chi connectivity index (χ1n) is 9.09. The van der Waals surface area contributed by atoms with Gasteiger partial charge >= 0.3 is 6.09 Å². The number of carbonyl (C=O) groups excluding carboxylic acids is 1. The summed E-state index contributed by atoms with van der Waals surface area (Å²) >= 11 is 0. The first kappa shape index (κ1) is 16.4. The molecule has 1 saturated carbocycles. The molecule has 1 fully saturated rings. The lowest BCUT2D eigenvalue weighted by molar-refractivity contribution is 0.00494. The average molecular weight is 315 g/mol. The second kappa shape index (κ2) is 6.94. The fourth-order valence-electron chi connectivity index (χ4n) is 4.27. The van der Waals surface area contributed by atoms with E-state index in [-0.39, 0.29) is 18.2 Å². The Morgan fingerprint density at radius 1 is 1.22 bits per heavy atom. The number of hydrogen-bond acceptors (Lipinski definition) is 2. The molecule has 3 heteroatoms. The van der Waals surface area contributed by atoms with Crippen molar-refractivity contribution in [3.63, 3.8) is 0 Å². The molecule has 0 unspecified atom stereocenters. The Labute approximate surface area is 139 Å². The lowest BCUT2D eigenvalue weighted by Crippen LogP contribution is -2.39. The number of hydrogen-bond donors (Lipinski definition) is 1. The minimum Gasteiger partial charge on any atom is -0.446 e. The summed E-state index contributed by atoms with van der Waals surface area (Å²) in [6.07, 6.45) is 5.26. The summed E-state index contributed by atoms with van der Waals surface area (Å²) in [7, 11) is 0. The average Bonchev–Trinajstić information content (AvgIpc) is 2.90. The molecule has 4 atom stereocenters. The fourth-order valence-corrected chi connectivity index (χ4v) is 4.27. The number of carbonyl (C=O) groups is 1. The molecule has 0 bridgehead atoms. The van der Waals surface area contributed by atoms with Gasteiger partial charge in [0, 0.05) is 0 Å². The van der Waals surface area contributed by atoms with Gasteiger partial charge in [0.05, 0.1) is 6.04 Å². The van der Waals surface area contributed by atoms with Gasteiger partial charge in [0.1, 0.15) is 6.10 Å². The summed E-state index contributed by atoms with van der Waals surface area (Å²) in [6, 6.07) is 8.49. The molecule has 126 valence electrons. The van der Waals surface area contributed by atoms with Crippen LogP contribution in [0.3, 0.4) is 0 Å². The molecule has 2 aliphatic rings. The van der Waals surface area contributed by atoms with Crippen molar-refractivity contribution in [1.29, 1.82) is 0 Å². The lowest BCUT2D eigenvalue weighted by atomic mass is 9.75. The lowest BCUT2D eigenvalue weighted by Gasteiger charge is -2.36. The number of benzene rings is 1. The highest BCUT2D eigenvalue weighted by Crippen LogP contribution is 2.36. The molecule has 0 aliphatic heterocycles. The van der Waals surface area contributed by atoms with Crippen LogP contribution in [0.15, 0.2) is 24.3 Å². The normalized spacial score (nSPS) is 30.1. The molecule has 23 heavy (non-hydrogen) atoms. The molecule has 1 aromatic rings. The van der Waals surface area contributed by atoms with Crippen molar-refractivity contribution in [2.45, 2.75) is 65.0 Å². The molecule has 0 saturated heterocycles. The predicted octanol–water partition coefficient (Wildman–Crippen LogP) is 4.86. The summed E-state index contributed by atoms with van der Waals surface area (Å²) in [5.41, 5.74) is 2.60. The fraction of sp³-hybridized carbons (Fsp3) is 0.650. The minimum atomic E-state index is -0.239. The van der Waals surface area contributed by atoms with E-state index < -0.39 is 0 Å². The van der Waals surface area contributed by atoms with E-state index in [9.17, 15) is 4.79 Å². The van der Waals surface area contributed by atoms with Crippen LogP contribution in [-0.2, 0) is 11.2 Å². The van der Waals surface area contributed by atoms with E-state index in [0.29, 0.717) is 17.8 Å². The van der Waals surface area contributed by atoms with Gasteiger partial charge in [-0.3, -0.25) is 0 Å². The van der Waals surface area contributed by atoms with Gasteiger partial charge in [-0.15, -0.1) is 0 Å². The molecule has 0 radical (unpaired) electrons. The van der Waals surface area contributed by atoms with Gasteiger partial charge in [-0.25, -0.2) is 4.79 Å². The molecule has 1 N–H and O–H groups in total. The zero-order valence-electron chi connectivity index (χ0n) is 14.5. The number of alkyl carbamates (subject to hydrolysis) is 1. The van der Waals surface area contributed by atoms with Crippen LogP contribution >= 0.6 is 0 Å². The third-order valence-electron chi connectivity index (χ3n) is 5.64. The Balaban J connectivity index is 1.60. The number of fused-ring (bicyclic) bond motifs is 1. The van der Waals surface area contributed by atoms with Gasteiger partial charge in [0.15, 0.2) is 0 Å². The van der Waals surface area contributed by atoms with Crippen LogP contribution in [0, 0.1) is 17.8 Å². The molecular formula is C20H29NO2. The van der Waals surface area contributed by atoms with E-state index in [1.807, 2.05) is 6.07 Å². The monoisotopic (exact) mass is 315 g/mol. The van der Waals surface area contributed by atoms with Crippen LogP contribution in [0.5, 0.6) is 0 Å². The third kappa shape index (κ3) is 3.70. The van der Waals surface area contributed by atoms with E-state index in [4.69, 9.17) is 4.74 Å². The Morgan fingerprint density at radius 3 is 2.78 bits per heavy atom. The molecule has 3 nitrogen and oxygen atoms in total. The summed E-state index contributed by atoms with van der Waals surface area (Å²) in [5.74, 6) is 1.70.